The summed E-state index contributed by atoms with van der Waals surface area (Å²) in [6.07, 6.45) is -3.36. The van der Waals surface area contributed by atoms with Gasteiger partial charge in [0.05, 0.1) is 25.4 Å². The van der Waals surface area contributed by atoms with Gasteiger partial charge in [-0.1, -0.05) is 23.8 Å². The molecule has 0 atom stereocenters. The van der Waals surface area contributed by atoms with Gasteiger partial charge >= 0.3 is 6.18 Å². The van der Waals surface area contributed by atoms with E-state index in [1.165, 1.54) is 6.08 Å². The van der Waals surface area contributed by atoms with E-state index >= 15 is 0 Å². The van der Waals surface area contributed by atoms with Gasteiger partial charge in [-0.15, -0.1) is 0 Å². The van der Waals surface area contributed by atoms with E-state index in [0.29, 0.717) is 48.5 Å². The third kappa shape index (κ3) is 7.18. The molecule has 4 rings (SSSR count). The molecule has 2 aromatic rings. The fourth-order valence-corrected chi connectivity index (χ4v) is 4.20. The van der Waals surface area contributed by atoms with E-state index in [9.17, 15) is 18.0 Å². The Morgan fingerprint density at radius 3 is 2.41 bits per heavy atom. The van der Waals surface area contributed by atoms with E-state index < -0.39 is 23.0 Å². The lowest BCUT2D eigenvalue weighted by atomic mass is 10.1. The number of rotatable bonds is 11. The first-order valence-corrected chi connectivity index (χ1v) is 12.7. The zero-order valence-electron chi connectivity index (χ0n) is 21.1. The minimum atomic E-state index is -4.71. The van der Waals surface area contributed by atoms with Gasteiger partial charge < -0.3 is 18.9 Å². The van der Waals surface area contributed by atoms with E-state index in [1.54, 1.807) is 25.1 Å². The average Bonchev–Trinajstić information content (AvgIpc) is 3.33. The molecule has 1 N–H and O–H groups in total. The molecular weight excluding hydrogens is 537 g/mol. The fraction of sp³-hybridized carbons (Fsp3) is 0.308. The normalized spacial score (nSPS) is 16.2. The minimum Gasteiger partial charge on any atom is -0.491 e. The molecular formula is C26H25F3N4O5S. The van der Waals surface area contributed by atoms with Crippen LogP contribution in [0.25, 0.3) is 6.08 Å². The number of ether oxygens (including phenoxy) is 4. The average molecular weight is 563 g/mol. The summed E-state index contributed by atoms with van der Waals surface area (Å²) in [6.45, 7) is 5.48. The number of amides is 1. The zero-order valence-corrected chi connectivity index (χ0v) is 21.9. The summed E-state index contributed by atoms with van der Waals surface area (Å²) >= 11 is 0.200. The number of benzene rings is 2. The molecule has 206 valence electrons. The van der Waals surface area contributed by atoms with Crippen molar-refractivity contribution in [3.8, 4) is 17.2 Å². The van der Waals surface area contributed by atoms with Crippen LogP contribution in [0.3, 0.4) is 0 Å². The van der Waals surface area contributed by atoms with E-state index in [0.717, 1.165) is 11.3 Å². The molecule has 9 nitrogen and oxygen atoms in total. The number of thioether (sulfide) groups is 1. The Bertz CT molecular complexity index is 1330. The number of carbonyl (C=O) groups is 1. The number of hydrogen-bond acceptors (Lipinski definition) is 8. The maximum atomic E-state index is 13.0. The molecule has 2 aliphatic rings. The molecule has 0 saturated carbocycles. The molecule has 13 heteroatoms. The molecule has 1 amide bonds. The second kappa shape index (κ2) is 12.3. The summed E-state index contributed by atoms with van der Waals surface area (Å²) in [5.74, 6) is 0.270. The maximum absolute atomic E-state index is 13.0. The molecule has 0 radical (unpaired) electrons. The maximum Gasteiger partial charge on any atom is 0.441 e. The second-order valence-corrected chi connectivity index (χ2v) is 9.14. The minimum absolute atomic E-state index is 0.200. The number of carbonyl (C=O) groups excluding carboxylic acids is 1. The van der Waals surface area contributed by atoms with Gasteiger partial charge in [-0.05, 0) is 61.5 Å². The molecule has 0 aromatic heterocycles. The Hall–Kier alpha value is -3.84. The monoisotopic (exact) mass is 562 g/mol. The van der Waals surface area contributed by atoms with Crippen LogP contribution >= 0.6 is 11.8 Å². The number of fused-ring (bicyclic) bond motifs is 1. The van der Waals surface area contributed by atoms with Crippen LogP contribution in [0.15, 0.2) is 58.1 Å². The lowest BCUT2D eigenvalue weighted by Crippen LogP contribution is -2.35. The van der Waals surface area contributed by atoms with Crippen LogP contribution in [-0.2, 0) is 9.53 Å². The summed E-state index contributed by atoms with van der Waals surface area (Å²) in [5.41, 5.74) is 1.42. The van der Waals surface area contributed by atoms with Gasteiger partial charge in [-0.2, -0.15) is 28.3 Å². The van der Waals surface area contributed by atoms with Crippen molar-refractivity contribution in [3.05, 3.63) is 59.2 Å². The van der Waals surface area contributed by atoms with Gasteiger partial charge in [-0.3, -0.25) is 10.2 Å². The van der Waals surface area contributed by atoms with Crippen molar-refractivity contribution >= 4 is 39.8 Å². The quantitative estimate of drug-likeness (QED) is 0.302. The van der Waals surface area contributed by atoms with Crippen LogP contribution in [-0.4, -0.2) is 66.2 Å². The molecule has 0 bridgehead atoms. The van der Waals surface area contributed by atoms with E-state index in [1.807, 2.05) is 31.2 Å². The highest BCUT2D eigenvalue weighted by molar-refractivity contribution is 8.27. The Labute approximate surface area is 226 Å². The topological polar surface area (TPSA) is 106 Å². The second-order valence-electron chi connectivity index (χ2n) is 8.18. The predicted molar refractivity (Wildman–Crippen MR) is 142 cm³/mol. The van der Waals surface area contributed by atoms with E-state index in [2.05, 4.69) is 10.1 Å². The zero-order chi connectivity index (χ0) is 28.0. The molecule has 0 saturated heterocycles. The molecule has 0 unspecified atom stereocenters. The highest BCUT2D eigenvalue weighted by atomic mass is 32.2. The van der Waals surface area contributed by atoms with Gasteiger partial charge in [0, 0.05) is 0 Å². The Balaban J connectivity index is 1.34. The molecule has 0 fully saturated rings. The van der Waals surface area contributed by atoms with Crippen molar-refractivity contribution in [1.29, 1.82) is 5.41 Å². The van der Waals surface area contributed by atoms with Crippen molar-refractivity contribution in [2.75, 3.05) is 33.0 Å². The van der Waals surface area contributed by atoms with E-state index in [4.69, 9.17) is 24.4 Å². The molecule has 0 aliphatic carbocycles. The predicted octanol–water partition coefficient (Wildman–Crippen LogP) is 5.05. The van der Waals surface area contributed by atoms with Crippen molar-refractivity contribution in [2.45, 2.75) is 20.0 Å². The standard InChI is InChI=1S/C26H25F3N4O5S/c1-3-36-21-15-17(14-19-22(30)33-25(31-23(19)34)39-24(32-33)26(27,28)29)6-9-20(21)38-13-11-35-10-12-37-18-7-4-16(2)5-8-18/h4-9,14-15,30H,3,10-13H2,1-2H3/b19-14+,30-22?. The Morgan fingerprint density at radius 2 is 1.72 bits per heavy atom. The molecule has 2 aromatic carbocycles. The van der Waals surface area contributed by atoms with Gasteiger partial charge in [0.2, 0.25) is 10.2 Å². The van der Waals surface area contributed by atoms with Crippen LogP contribution in [0.2, 0.25) is 0 Å². The smallest absolute Gasteiger partial charge is 0.441 e. The number of alkyl halides is 3. The van der Waals surface area contributed by atoms with E-state index in [-0.39, 0.29) is 29.1 Å². The molecule has 2 aliphatic heterocycles. The van der Waals surface area contributed by atoms with Gasteiger partial charge in [0.15, 0.2) is 17.3 Å². The first-order chi connectivity index (χ1) is 18.7. The number of halogens is 3. The summed E-state index contributed by atoms with van der Waals surface area (Å²) in [4.78, 5) is 16.1. The number of nitrogens with zero attached hydrogens (tertiary/aromatic N) is 3. The Morgan fingerprint density at radius 1 is 1.00 bits per heavy atom. The summed E-state index contributed by atoms with van der Waals surface area (Å²) in [6, 6.07) is 12.6. The summed E-state index contributed by atoms with van der Waals surface area (Å²) < 4.78 is 61.7. The van der Waals surface area contributed by atoms with Crippen LogP contribution < -0.4 is 14.2 Å². The largest absolute Gasteiger partial charge is 0.491 e. The van der Waals surface area contributed by atoms with Crippen molar-refractivity contribution in [3.63, 3.8) is 0 Å². The molecule has 0 spiro atoms. The lowest BCUT2D eigenvalue weighted by molar-refractivity contribution is -0.114. The van der Waals surface area contributed by atoms with Crippen LogP contribution in [0.1, 0.15) is 18.1 Å². The summed E-state index contributed by atoms with van der Waals surface area (Å²) in [7, 11) is 0. The van der Waals surface area contributed by atoms with Crippen molar-refractivity contribution < 1.29 is 36.9 Å². The molecule has 39 heavy (non-hydrogen) atoms. The number of aliphatic imine (C=N–C) groups is 1. The summed E-state index contributed by atoms with van der Waals surface area (Å²) in [5, 5.41) is 10.8. The highest BCUT2D eigenvalue weighted by Gasteiger charge is 2.46. The number of hydrazone groups is 1. The first-order valence-electron chi connectivity index (χ1n) is 11.9. The van der Waals surface area contributed by atoms with Crippen LogP contribution in [0.4, 0.5) is 13.2 Å². The van der Waals surface area contributed by atoms with Gasteiger partial charge in [-0.25, -0.2) is 0 Å². The third-order valence-electron chi connectivity index (χ3n) is 5.28. The SMILES string of the molecule is CCOc1cc(/C=C2\C(=N)N3N=C(C(F)(F)F)SC3=NC2=O)ccc1OCCOCCOc1ccc(C)cc1. The highest BCUT2D eigenvalue weighted by Crippen LogP contribution is 2.36. The number of hydrogen-bond donors (Lipinski definition) is 1. The Kier molecular flexibility index (Phi) is 8.92. The van der Waals surface area contributed by atoms with Gasteiger partial charge in [0.1, 0.15) is 19.0 Å². The lowest BCUT2D eigenvalue weighted by Gasteiger charge is -2.20. The molecule has 2 heterocycles. The number of aryl methyl sites for hydroxylation is 1. The van der Waals surface area contributed by atoms with Crippen molar-refractivity contribution in [2.24, 2.45) is 10.1 Å². The number of amidine groups is 2. The van der Waals surface area contributed by atoms with Crippen molar-refractivity contribution in [1.82, 2.24) is 5.01 Å². The van der Waals surface area contributed by atoms with Crippen LogP contribution in [0.5, 0.6) is 17.2 Å². The first kappa shape index (κ1) is 28.2. The van der Waals surface area contributed by atoms with Gasteiger partial charge in [0.25, 0.3) is 5.91 Å². The third-order valence-corrected chi connectivity index (χ3v) is 6.23. The number of nitrogens with one attached hydrogen (secondary N) is 1. The van der Waals surface area contributed by atoms with Crippen LogP contribution in [0, 0.1) is 12.3 Å². The fourth-order valence-electron chi connectivity index (χ4n) is 3.44.